The van der Waals surface area contributed by atoms with Crippen LogP contribution in [0.15, 0.2) is 24.3 Å². The second-order valence-corrected chi connectivity index (χ2v) is 5.19. The van der Waals surface area contributed by atoms with Gasteiger partial charge in [0.15, 0.2) is 11.0 Å². The molecule has 1 aromatic heterocycles. The van der Waals surface area contributed by atoms with Gasteiger partial charge in [-0.3, -0.25) is 0 Å². The summed E-state index contributed by atoms with van der Waals surface area (Å²) in [4.78, 5) is 6.28. The number of nitrogens with zero attached hydrogens (tertiary/aromatic N) is 4. The van der Waals surface area contributed by atoms with E-state index in [4.69, 9.17) is 27.9 Å². The first kappa shape index (κ1) is 14.3. The van der Waals surface area contributed by atoms with Crippen molar-refractivity contribution in [1.29, 1.82) is 0 Å². The van der Waals surface area contributed by atoms with E-state index >= 15 is 0 Å². The van der Waals surface area contributed by atoms with Crippen molar-refractivity contribution in [3.63, 3.8) is 0 Å². The largest absolute Gasteiger partial charge is 0.378 e. The third-order valence-corrected chi connectivity index (χ3v) is 3.54. The first-order valence-electron chi connectivity index (χ1n) is 6.48. The van der Waals surface area contributed by atoms with E-state index in [0.717, 1.165) is 37.7 Å². The van der Waals surface area contributed by atoms with E-state index in [1.54, 1.807) is 0 Å². The predicted octanol–water partition coefficient (Wildman–Crippen LogP) is 2.76. The number of hydrogen-bond donors (Lipinski definition) is 1. The fourth-order valence-corrected chi connectivity index (χ4v) is 2.34. The third-order valence-electron chi connectivity index (χ3n) is 3.13. The number of aromatic nitrogens is 3. The summed E-state index contributed by atoms with van der Waals surface area (Å²) in [5.41, 5.74) is 2.01. The minimum Gasteiger partial charge on any atom is -0.378 e. The van der Waals surface area contributed by atoms with Gasteiger partial charge in [0.2, 0.25) is 5.28 Å². The summed E-state index contributed by atoms with van der Waals surface area (Å²) >= 11 is 11.6. The van der Waals surface area contributed by atoms with Crippen LogP contribution in [0.2, 0.25) is 10.4 Å². The molecule has 1 aliphatic rings. The van der Waals surface area contributed by atoms with Gasteiger partial charge in [-0.2, -0.15) is 4.98 Å². The molecule has 1 aromatic carbocycles. The van der Waals surface area contributed by atoms with E-state index in [-0.39, 0.29) is 10.4 Å². The van der Waals surface area contributed by atoms with Crippen LogP contribution >= 0.6 is 23.2 Å². The van der Waals surface area contributed by atoms with Crippen LogP contribution in [0.1, 0.15) is 0 Å². The Labute approximate surface area is 132 Å². The Morgan fingerprint density at radius 3 is 2.48 bits per heavy atom. The molecule has 0 unspecified atom stereocenters. The van der Waals surface area contributed by atoms with Crippen LogP contribution in [0.3, 0.4) is 0 Å². The number of anilines is 3. The molecule has 0 atom stereocenters. The van der Waals surface area contributed by atoms with Crippen LogP contribution < -0.4 is 10.2 Å². The van der Waals surface area contributed by atoms with Crippen LogP contribution in [-0.4, -0.2) is 41.5 Å². The number of morpholine rings is 1. The van der Waals surface area contributed by atoms with Gasteiger partial charge in [-0.25, -0.2) is 0 Å². The third kappa shape index (κ3) is 3.53. The quantitative estimate of drug-likeness (QED) is 0.936. The Morgan fingerprint density at radius 2 is 1.76 bits per heavy atom. The molecule has 2 aromatic rings. The zero-order chi connectivity index (χ0) is 14.7. The van der Waals surface area contributed by atoms with Crippen molar-refractivity contribution < 1.29 is 4.74 Å². The van der Waals surface area contributed by atoms with Crippen LogP contribution in [0.25, 0.3) is 0 Å². The van der Waals surface area contributed by atoms with Crippen molar-refractivity contribution in [2.75, 3.05) is 36.5 Å². The fourth-order valence-electron chi connectivity index (χ4n) is 2.09. The van der Waals surface area contributed by atoms with Gasteiger partial charge in [-0.05, 0) is 35.9 Å². The number of hydrogen-bond acceptors (Lipinski definition) is 6. The van der Waals surface area contributed by atoms with E-state index < -0.39 is 0 Å². The lowest BCUT2D eigenvalue weighted by Gasteiger charge is -2.28. The standard InChI is InChI=1S/C13H13Cl2N5O/c14-11-12(17-13(15)19-18-11)16-9-1-3-10(4-2-9)20-5-7-21-8-6-20/h1-4H,5-8H2,(H,16,17,19). The fraction of sp³-hybridized carbons (Fsp3) is 0.308. The Balaban J connectivity index is 1.73. The van der Waals surface area contributed by atoms with Crippen LogP contribution in [0.5, 0.6) is 0 Å². The molecule has 6 nitrogen and oxygen atoms in total. The minimum atomic E-state index is 0.0480. The minimum absolute atomic E-state index is 0.0480. The maximum atomic E-state index is 5.92. The second-order valence-electron chi connectivity index (χ2n) is 4.49. The van der Waals surface area contributed by atoms with E-state index in [1.165, 1.54) is 0 Å². The molecular formula is C13H13Cl2N5O. The predicted molar refractivity (Wildman–Crippen MR) is 82.6 cm³/mol. The van der Waals surface area contributed by atoms with Crippen LogP contribution in [0.4, 0.5) is 17.2 Å². The van der Waals surface area contributed by atoms with Gasteiger partial charge in [-0.15, -0.1) is 10.2 Å². The molecule has 2 heterocycles. The molecular weight excluding hydrogens is 313 g/mol. The summed E-state index contributed by atoms with van der Waals surface area (Å²) in [6, 6.07) is 7.99. The Bertz CT molecular complexity index is 616. The van der Waals surface area contributed by atoms with E-state index in [9.17, 15) is 0 Å². The highest BCUT2D eigenvalue weighted by atomic mass is 35.5. The summed E-state index contributed by atoms with van der Waals surface area (Å²) in [5.74, 6) is 0.385. The van der Waals surface area contributed by atoms with Gasteiger partial charge in [0.05, 0.1) is 13.2 Å². The molecule has 0 radical (unpaired) electrons. The molecule has 1 N–H and O–H groups in total. The van der Waals surface area contributed by atoms with Gasteiger partial charge < -0.3 is 15.0 Å². The molecule has 0 bridgehead atoms. The van der Waals surface area contributed by atoms with E-state index in [2.05, 4.69) is 25.4 Å². The molecule has 1 fully saturated rings. The van der Waals surface area contributed by atoms with Gasteiger partial charge in [0, 0.05) is 24.5 Å². The number of halogens is 2. The van der Waals surface area contributed by atoms with Crippen molar-refractivity contribution in [3.8, 4) is 0 Å². The Morgan fingerprint density at radius 1 is 1.05 bits per heavy atom. The monoisotopic (exact) mass is 325 g/mol. The smallest absolute Gasteiger partial charge is 0.245 e. The topological polar surface area (TPSA) is 63.2 Å². The average molecular weight is 326 g/mol. The van der Waals surface area contributed by atoms with Crippen molar-refractivity contribution in [1.82, 2.24) is 15.2 Å². The average Bonchev–Trinajstić information content (AvgIpc) is 2.53. The number of nitrogens with one attached hydrogen (secondary N) is 1. The SMILES string of the molecule is Clc1nnc(Cl)c(Nc2ccc(N3CCOCC3)cc2)n1. The lowest BCUT2D eigenvalue weighted by atomic mass is 10.2. The molecule has 0 saturated carbocycles. The highest BCUT2D eigenvalue weighted by Crippen LogP contribution is 2.24. The van der Waals surface area contributed by atoms with Gasteiger partial charge in [-0.1, -0.05) is 11.6 Å². The first-order valence-corrected chi connectivity index (χ1v) is 7.23. The highest BCUT2D eigenvalue weighted by Gasteiger charge is 2.11. The lowest BCUT2D eigenvalue weighted by Crippen LogP contribution is -2.36. The molecule has 21 heavy (non-hydrogen) atoms. The first-order chi connectivity index (χ1) is 10.2. The van der Waals surface area contributed by atoms with E-state index in [1.807, 2.05) is 24.3 Å². The summed E-state index contributed by atoms with van der Waals surface area (Å²) in [5, 5.41) is 10.6. The molecule has 110 valence electrons. The zero-order valence-electron chi connectivity index (χ0n) is 11.1. The van der Waals surface area contributed by atoms with Gasteiger partial charge in [0.1, 0.15) is 0 Å². The zero-order valence-corrected chi connectivity index (χ0v) is 12.6. The van der Waals surface area contributed by atoms with Crippen molar-refractivity contribution in [2.24, 2.45) is 0 Å². The van der Waals surface area contributed by atoms with Gasteiger partial charge >= 0.3 is 0 Å². The lowest BCUT2D eigenvalue weighted by molar-refractivity contribution is 0.122. The normalized spacial score (nSPS) is 15.0. The molecule has 8 heteroatoms. The number of ether oxygens (including phenoxy) is 1. The molecule has 0 aliphatic carbocycles. The van der Waals surface area contributed by atoms with Gasteiger partial charge in [0.25, 0.3) is 0 Å². The Hall–Kier alpha value is -1.63. The number of benzene rings is 1. The van der Waals surface area contributed by atoms with Crippen molar-refractivity contribution in [3.05, 3.63) is 34.7 Å². The molecule has 0 amide bonds. The van der Waals surface area contributed by atoms with E-state index in [0.29, 0.717) is 5.82 Å². The molecule has 1 saturated heterocycles. The second kappa shape index (κ2) is 6.43. The number of rotatable bonds is 3. The molecule has 3 rings (SSSR count). The summed E-state index contributed by atoms with van der Waals surface area (Å²) < 4.78 is 5.35. The highest BCUT2D eigenvalue weighted by molar-refractivity contribution is 6.32. The van der Waals surface area contributed by atoms with Crippen LogP contribution in [-0.2, 0) is 4.74 Å². The maximum Gasteiger partial charge on any atom is 0.245 e. The summed E-state index contributed by atoms with van der Waals surface area (Å²) in [6.07, 6.45) is 0. The summed E-state index contributed by atoms with van der Waals surface area (Å²) in [6.45, 7) is 3.34. The summed E-state index contributed by atoms with van der Waals surface area (Å²) in [7, 11) is 0. The Kier molecular flexibility index (Phi) is 4.38. The van der Waals surface area contributed by atoms with Crippen molar-refractivity contribution in [2.45, 2.75) is 0 Å². The molecule has 1 aliphatic heterocycles. The van der Waals surface area contributed by atoms with Crippen LogP contribution in [0, 0.1) is 0 Å². The maximum absolute atomic E-state index is 5.92. The van der Waals surface area contributed by atoms with Crippen molar-refractivity contribution >= 4 is 40.4 Å². The molecule has 0 spiro atoms.